The van der Waals surface area contributed by atoms with Crippen LogP contribution in [-0.2, 0) is 4.74 Å². The van der Waals surface area contributed by atoms with Gasteiger partial charge < -0.3 is 15.0 Å². The third kappa shape index (κ3) is 5.74. The lowest BCUT2D eigenvalue weighted by molar-refractivity contribution is 0.0315. The number of nitrogens with zero attached hydrogens (tertiary/aromatic N) is 3. The number of halogens is 2. The van der Waals surface area contributed by atoms with E-state index >= 15 is 0 Å². The molecule has 2 heterocycles. The smallest absolute Gasteiger partial charge is 0.194 e. The number of rotatable bonds is 5. The Morgan fingerprint density at radius 3 is 2.86 bits per heavy atom. The Morgan fingerprint density at radius 1 is 1.29 bits per heavy atom. The SMILES string of the molecule is CCN=C(NC1CC1c1cccc(Cl)c1)N1CCC(CN2CCOCC2)C1.I. The second-order valence-electron chi connectivity index (χ2n) is 7.96. The molecule has 156 valence electrons. The van der Waals surface area contributed by atoms with Crippen LogP contribution in [0.15, 0.2) is 29.3 Å². The first-order chi connectivity index (χ1) is 13.2. The maximum atomic E-state index is 6.16. The van der Waals surface area contributed by atoms with Gasteiger partial charge in [-0.1, -0.05) is 23.7 Å². The molecule has 4 rings (SSSR count). The topological polar surface area (TPSA) is 40.1 Å². The minimum atomic E-state index is 0. The van der Waals surface area contributed by atoms with Crippen molar-refractivity contribution in [1.82, 2.24) is 15.1 Å². The monoisotopic (exact) mass is 518 g/mol. The minimum Gasteiger partial charge on any atom is -0.379 e. The summed E-state index contributed by atoms with van der Waals surface area (Å²) in [7, 11) is 0. The van der Waals surface area contributed by atoms with Crippen LogP contribution in [0.1, 0.15) is 31.2 Å². The Labute approximate surface area is 190 Å². The number of nitrogens with one attached hydrogen (secondary N) is 1. The van der Waals surface area contributed by atoms with E-state index in [0.717, 1.165) is 69.3 Å². The number of aliphatic imine (C=N–C) groups is 1. The van der Waals surface area contributed by atoms with Gasteiger partial charge in [-0.25, -0.2) is 0 Å². The molecule has 1 saturated carbocycles. The zero-order valence-electron chi connectivity index (χ0n) is 16.6. The van der Waals surface area contributed by atoms with Crippen molar-refractivity contribution in [2.24, 2.45) is 10.9 Å². The minimum absolute atomic E-state index is 0. The summed E-state index contributed by atoms with van der Waals surface area (Å²) in [5.74, 6) is 2.38. The van der Waals surface area contributed by atoms with Crippen LogP contribution in [0.5, 0.6) is 0 Å². The fourth-order valence-electron chi connectivity index (χ4n) is 4.34. The quantitative estimate of drug-likeness (QED) is 0.368. The zero-order valence-corrected chi connectivity index (χ0v) is 19.7. The average molecular weight is 519 g/mol. The maximum absolute atomic E-state index is 6.16. The molecule has 0 aromatic heterocycles. The van der Waals surface area contributed by atoms with E-state index in [4.69, 9.17) is 21.3 Å². The lowest BCUT2D eigenvalue weighted by Gasteiger charge is -2.29. The summed E-state index contributed by atoms with van der Waals surface area (Å²) in [6, 6.07) is 8.75. The van der Waals surface area contributed by atoms with E-state index in [1.54, 1.807) is 0 Å². The number of guanidine groups is 1. The fourth-order valence-corrected chi connectivity index (χ4v) is 4.53. The molecule has 2 saturated heterocycles. The summed E-state index contributed by atoms with van der Waals surface area (Å²) in [4.78, 5) is 9.80. The molecule has 1 N–H and O–H groups in total. The lowest BCUT2D eigenvalue weighted by Crippen LogP contribution is -2.43. The Hall–Kier alpha value is -0.570. The summed E-state index contributed by atoms with van der Waals surface area (Å²) in [6.45, 7) is 10.3. The van der Waals surface area contributed by atoms with Crippen molar-refractivity contribution in [3.8, 4) is 0 Å². The summed E-state index contributed by atoms with van der Waals surface area (Å²) in [5, 5.41) is 4.55. The Bertz CT molecular complexity index is 668. The number of benzene rings is 1. The van der Waals surface area contributed by atoms with Crippen LogP contribution in [0.4, 0.5) is 0 Å². The van der Waals surface area contributed by atoms with E-state index < -0.39 is 0 Å². The molecule has 5 nitrogen and oxygen atoms in total. The molecule has 1 aromatic rings. The van der Waals surface area contributed by atoms with Gasteiger partial charge in [-0.15, -0.1) is 24.0 Å². The molecule has 0 amide bonds. The normalized spacial score (nSPS) is 28.1. The summed E-state index contributed by atoms with van der Waals surface area (Å²) in [6.07, 6.45) is 2.41. The van der Waals surface area contributed by atoms with E-state index in [9.17, 15) is 0 Å². The predicted octanol–water partition coefficient (Wildman–Crippen LogP) is 3.43. The molecule has 1 aromatic carbocycles. The third-order valence-electron chi connectivity index (χ3n) is 5.90. The van der Waals surface area contributed by atoms with Crippen LogP contribution in [0.3, 0.4) is 0 Å². The van der Waals surface area contributed by atoms with Gasteiger partial charge in [0.2, 0.25) is 0 Å². The second kappa shape index (κ2) is 10.5. The maximum Gasteiger partial charge on any atom is 0.194 e. The van der Waals surface area contributed by atoms with Gasteiger partial charge in [0, 0.05) is 56.3 Å². The molecule has 1 aliphatic carbocycles. The molecular weight excluding hydrogens is 487 g/mol. The fraction of sp³-hybridized carbons (Fsp3) is 0.667. The van der Waals surface area contributed by atoms with Crippen molar-refractivity contribution < 1.29 is 4.74 Å². The van der Waals surface area contributed by atoms with Crippen molar-refractivity contribution in [2.75, 3.05) is 52.5 Å². The Balaban J connectivity index is 0.00000225. The van der Waals surface area contributed by atoms with Crippen LogP contribution >= 0.6 is 35.6 Å². The van der Waals surface area contributed by atoms with Gasteiger partial charge in [0.05, 0.1) is 13.2 Å². The van der Waals surface area contributed by atoms with Gasteiger partial charge in [0.25, 0.3) is 0 Å². The van der Waals surface area contributed by atoms with Gasteiger partial charge in [0.15, 0.2) is 5.96 Å². The van der Waals surface area contributed by atoms with Crippen LogP contribution < -0.4 is 5.32 Å². The molecular formula is C21H32ClIN4O. The number of morpholine rings is 1. The number of likely N-dealkylation sites (tertiary alicyclic amines) is 1. The molecule has 0 spiro atoms. The molecule has 3 fully saturated rings. The van der Waals surface area contributed by atoms with Crippen molar-refractivity contribution >= 4 is 41.5 Å². The van der Waals surface area contributed by atoms with Crippen LogP contribution in [0.25, 0.3) is 0 Å². The van der Waals surface area contributed by atoms with Crippen LogP contribution in [0.2, 0.25) is 5.02 Å². The van der Waals surface area contributed by atoms with Gasteiger partial charge in [0.1, 0.15) is 0 Å². The summed E-state index contributed by atoms with van der Waals surface area (Å²) >= 11 is 6.16. The highest BCUT2D eigenvalue weighted by atomic mass is 127. The van der Waals surface area contributed by atoms with Gasteiger partial charge in [-0.2, -0.15) is 0 Å². The van der Waals surface area contributed by atoms with Crippen molar-refractivity contribution in [2.45, 2.75) is 31.7 Å². The summed E-state index contributed by atoms with van der Waals surface area (Å²) < 4.78 is 5.47. The first-order valence-electron chi connectivity index (χ1n) is 10.3. The molecule has 3 aliphatic rings. The van der Waals surface area contributed by atoms with E-state index in [0.29, 0.717) is 12.0 Å². The average Bonchev–Trinajstić information content (AvgIpc) is 3.30. The zero-order chi connectivity index (χ0) is 18.6. The van der Waals surface area contributed by atoms with Gasteiger partial charge in [-0.05, 0) is 43.4 Å². The standard InChI is InChI=1S/C21H31ClN4O.HI/c1-2-23-21(24-20-13-19(20)17-4-3-5-18(22)12-17)26-7-6-16(15-26)14-25-8-10-27-11-9-25;/h3-5,12,16,19-20H,2,6-11,13-15H2,1H3,(H,23,24);1H. The molecule has 7 heteroatoms. The van der Waals surface area contributed by atoms with Crippen LogP contribution in [0, 0.1) is 5.92 Å². The highest BCUT2D eigenvalue weighted by Gasteiger charge is 2.40. The lowest BCUT2D eigenvalue weighted by atomic mass is 10.1. The van der Waals surface area contributed by atoms with Gasteiger partial charge in [-0.3, -0.25) is 9.89 Å². The van der Waals surface area contributed by atoms with E-state index in [1.807, 2.05) is 12.1 Å². The third-order valence-corrected chi connectivity index (χ3v) is 6.13. The molecule has 0 bridgehead atoms. The van der Waals surface area contributed by atoms with Crippen LogP contribution in [-0.4, -0.2) is 74.3 Å². The number of ether oxygens (including phenoxy) is 1. The molecule has 28 heavy (non-hydrogen) atoms. The van der Waals surface area contributed by atoms with E-state index in [-0.39, 0.29) is 24.0 Å². The van der Waals surface area contributed by atoms with Gasteiger partial charge >= 0.3 is 0 Å². The Morgan fingerprint density at radius 2 is 2.11 bits per heavy atom. The molecule has 3 unspecified atom stereocenters. The largest absolute Gasteiger partial charge is 0.379 e. The first-order valence-corrected chi connectivity index (χ1v) is 10.7. The highest BCUT2D eigenvalue weighted by molar-refractivity contribution is 14.0. The molecule has 2 aliphatic heterocycles. The second-order valence-corrected chi connectivity index (χ2v) is 8.40. The Kier molecular flexibility index (Phi) is 8.26. The van der Waals surface area contributed by atoms with E-state index in [1.165, 1.54) is 18.5 Å². The number of hydrogen-bond acceptors (Lipinski definition) is 3. The first kappa shape index (κ1) is 22.1. The van der Waals surface area contributed by atoms with Crippen molar-refractivity contribution in [3.63, 3.8) is 0 Å². The highest BCUT2D eigenvalue weighted by Crippen LogP contribution is 2.41. The molecule has 3 atom stereocenters. The molecule has 0 radical (unpaired) electrons. The predicted molar refractivity (Wildman–Crippen MR) is 126 cm³/mol. The van der Waals surface area contributed by atoms with Crippen molar-refractivity contribution in [3.05, 3.63) is 34.9 Å². The van der Waals surface area contributed by atoms with E-state index in [2.05, 4.69) is 34.2 Å². The number of hydrogen-bond donors (Lipinski definition) is 1. The van der Waals surface area contributed by atoms with Crippen molar-refractivity contribution in [1.29, 1.82) is 0 Å². The summed E-state index contributed by atoms with van der Waals surface area (Å²) in [5.41, 5.74) is 1.34.